The van der Waals surface area contributed by atoms with Crippen LogP contribution in [0.2, 0.25) is 5.02 Å². The molecular weight excluding hydrogens is 388 g/mol. The molecule has 154 valence electrons. The normalized spacial score (nSPS) is 14.4. The third-order valence-corrected chi connectivity index (χ3v) is 5.29. The van der Waals surface area contributed by atoms with Gasteiger partial charge in [-0.1, -0.05) is 18.5 Å². The molecular formula is C22H27ClN4O2. The maximum Gasteiger partial charge on any atom is 0.323 e. The molecule has 0 radical (unpaired) electrons. The Morgan fingerprint density at radius 2 is 1.66 bits per heavy atom. The summed E-state index contributed by atoms with van der Waals surface area (Å²) in [6.07, 6.45) is 3.10. The monoisotopic (exact) mass is 414 g/mol. The van der Waals surface area contributed by atoms with Gasteiger partial charge in [-0.15, -0.1) is 0 Å². The number of carbonyl (C=O) groups excluding carboxylic acids is 2. The molecule has 1 aliphatic heterocycles. The molecule has 7 heteroatoms. The van der Waals surface area contributed by atoms with Crippen molar-refractivity contribution in [2.45, 2.75) is 39.2 Å². The maximum atomic E-state index is 12.9. The number of benzene rings is 2. The van der Waals surface area contributed by atoms with Crippen LogP contribution in [0, 0.1) is 0 Å². The van der Waals surface area contributed by atoms with Crippen LogP contribution in [0.25, 0.3) is 0 Å². The number of amides is 3. The highest BCUT2D eigenvalue weighted by Gasteiger charge is 2.21. The third kappa shape index (κ3) is 5.64. The molecule has 0 spiro atoms. The van der Waals surface area contributed by atoms with Crippen LogP contribution in [0.5, 0.6) is 0 Å². The van der Waals surface area contributed by atoms with Crippen molar-refractivity contribution >= 4 is 40.6 Å². The molecule has 2 aromatic rings. The molecule has 3 N–H and O–H groups in total. The number of rotatable bonds is 6. The summed E-state index contributed by atoms with van der Waals surface area (Å²) in [5.74, 6) is -0.122. The SMILES string of the molecule is CC[C@H](C)NC(=O)c1cc(NC(=O)Nc2ccc(Cl)cc2)ccc1N1CCCC1. The van der Waals surface area contributed by atoms with E-state index in [9.17, 15) is 9.59 Å². The molecule has 1 fully saturated rings. The smallest absolute Gasteiger partial charge is 0.323 e. The summed E-state index contributed by atoms with van der Waals surface area (Å²) >= 11 is 5.87. The highest BCUT2D eigenvalue weighted by molar-refractivity contribution is 6.30. The largest absolute Gasteiger partial charge is 0.371 e. The van der Waals surface area contributed by atoms with Crippen molar-refractivity contribution in [3.05, 3.63) is 53.1 Å². The molecule has 2 aromatic carbocycles. The van der Waals surface area contributed by atoms with Gasteiger partial charge in [0.05, 0.1) is 5.56 Å². The molecule has 6 nitrogen and oxygen atoms in total. The van der Waals surface area contributed by atoms with E-state index in [-0.39, 0.29) is 18.0 Å². The van der Waals surface area contributed by atoms with Crippen molar-refractivity contribution in [3.8, 4) is 0 Å². The highest BCUT2D eigenvalue weighted by Crippen LogP contribution is 2.28. The minimum atomic E-state index is -0.380. The van der Waals surface area contributed by atoms with Gasteiger partial charge in [-0.2, -0.15) is 0 Å². The van der Waals surface area contributed by atoms with Crippen LogP contribution in [-0.2, 0) is 0 Å². The number of nitrogens with one attached hydrogen (secondary N) is 3. The molecule has 0 aromatic heterocycles. The zero-order valence-corrected chi connectivity index (χ0v) is 17.6. The van der Waals surface area contributed by atoms with Gasteiger partial charge in [0, 0.05) is 41.2 Å². The van der Waals surface area contributed by atoms with Gasteiger partial charge in [-0.05, 0) is 68.7 Å². The number of hydrogen-bond donors (Lipinski definition) is 3. The predicted molar refractivity (Wildman–Crippen MR) is 119 cm³/mol. The summed E-state index contributed by atoms with van der Waals surface area (Å²) in [5.41, 5.74) is 2.69. The van der Waals surface area contributed by atoms with Crippen molar-refractivity contribution in [1.29, 1.82) is 0 Å². The standard InChI is InChI=1S/C22H27ClN4O2/c1-3-15(2)24-21(28)19-14-18(10-11-20(19)27-12-4-5-13-27)26-22(29)25-17-8-6-16(23)7-9-17/h6-11,14-15H,3-5,12-13H2,1-2H3,(H,24,28)(H2,25,26,29)/t15-/m0/s1. The summed E-state index contributed by atoms with van der Waals surface area (Å²) in [4.78, 5) is 27.4. The molecule has 0 saturated carbocycles. The fourth-order valence-electron chi connectivity index (χ4n) is 3.26. The van der Waals surface area contributed by atoms with Crippen molar-refractivity contribution < 1.29 is 9.59 Å². The first-order chi connectivity index (χ1) is 14.0. The first-order valence-corrected chi connectivity index (χ1v) is 10.4. The van der Waals surface area contributed by atoms with Gasteiger partial charge in [-0.25, -0.2) is 4.79 Å². The zero-order chi connectivity index (χ0) is 20.8. The summed E-state index contributed by atoms with van der Waals surface area (Å²) in [5, 5.41) is 9.19. The maximum absolute atomic E-state index is 12.9. The van der Waals surface area contributed by atoms with Crippen molar-refractivity contribution in [1.82, 2.24) is 5.32 Å². The van der Waals surface area contributed by atoms with Crippen LogP contribution in [0.15, 0.2) is 42.5 Å². The summed E-state index contributed by atoms with van der Waals surface area (Å²) in [7, 11) is 0. The minimum absolute atomic E-state index is 0.0822. The Kier molecular flexibility index (Phi) is 6.99. The van der Waals surface area contributed by atoms with Crippen LogP contribution in [0.4, 0.5) is 21.9 Å². The lowest BCUT2D eigenvalue weighted by Gasteiger charge is -2.23. The van der Waals surface area contributed by atoms with Crippen LogP contribution in [0.3, 0.4) is 0 Å². The summed E-state index contributed by atoms with van der Waals surface area (Å²) < 4.78 is 0. The van der Waals surface area contributed by atoms with Crippen molar-refractivity contribution in [2.75, 3.05) is 28.6 Å². The first-order valence-electron chi connectivity index (χ1n) is 9.99. The summed E-state index contributed by atoms with van der Waals surface area (Å²) in [6.45, 7) is 5.89. The van der Waals surface area contributed by atoms with E-state index in [0.717, 1.165) is 38.0 Å². The molecule has 3 rings (SSSR count). The van der Waals surface area contributed by atoms with E-state index in [4.69, 9.17) is 11.6 Å². The molecule has 1 aliphatic rings. The van der Waals surface area contributed by atoms with E-state index in [0.29, 0.717) is 22.0 Å². The molecule has 0 unspecified atom stereocenters. The molecule has 0 bridgehead atoms. The molecule has 0 aliphatic carbocycles. The molecule has 3 amide bonds. The van der Waals surface area contributed by atoms with Gasteiger partial charge in [0.2, 0.25) is 0 Å². The van der Waals surface area contributed by atoms with E-state index in [1.165, 1.54) is 0 Å². The average Bonchev–Trinajstić information content (AvgIpc) is 3.24. The van der Waals surface area contributed by atoms with E-state index in [2.05, 4.69) is 20.9 Å². The van der Waals surface area contributed by atoms with Crippen LogP contribution in [-0.4, -0.2) is 31.1 Å². The average molecular weight is 415 g/mol. The lowest BCUT2D eigenvalue weighted by molar-refractivity contribution is 0.0940. The first kappa shape index (κ1) is 21.0. The van der Waals surface area contributed by atoms with Crippen LogP contribution < -0.4 is 20.9 Å². The van der Waals surface area contributed by atoms with Gasteiger partial charge >= 0.3 is 6.03 Å². The van der Waals surface area contributed by atoms with E-state index < -0.39 is 0 Å². The van der Waals surface area contributed by atoms with Crippen molar-refractivity contribution in [3.63, 3.8) is 0 Å². The third-order valence-electron chi connectivity index (χ3n) is 5.04. The zero-order valence-electron chi connectivity index (χ0n) is 16.8. The Hall–Kier alpha value is -2.73. The minimum Gasteiger partial charge on any atom is -0.371 e. The number of halogens is 1. The fraction of sp³-hybridized carbons (Fsp3) is 0.364. The highest BCUT2D eigenvalue weighted by atomic mass is 35.5. The Morgan fingerprint density at radius 1 is 1.03 bits per heavy atom. The van der Waals surface area contributed by atoms with E-state index >= 15 is 0 Å². The quantitative estimate of drug-likeness (QED) is 0.614. The van der Waals surface area contributed by atoms with E-state index in [1.807, 2.05) is 26.0 Å². The number of anilines is 3. The molecule has 1 saturated heterocycles. The second-order valence-corrected chi connectivity index (χ2v) is 7.73. The van der Waals surface area contributed by atoms with Crippen molar-refractivity contribution in [2.24, 2.45) is 0 Å². The number of carbonyl (C=O) groups is 2. The predicted octanol–water partition coefficient (Wildman–Crippen LogP) is 5.11. The Labute approximate surface area is 176 Å². The van der Waals surface area contributed by atoms with Gasteiger partial charge in [0.25, 0.3) is 5.91 Å². The van der Waals surface area contributed by atoms with E-state index in [1.54, 1.807) is 30.3 Å². The number of hydrogen-bond acceptors (Lipinski definition) is 3. The lowest BCUT2D eigenvalue weighted by atomic mass is 10.1. The lowest BCUT2D eigenvalue weighted by Crippen LogP contribution is -2.33. The molecule has 29 heavy (non-hydrogen) atoms. The molecule has 1 atom stereocenters. The second-order valence-electron chi connectivity index (χ2n) is 7.29. The van der Waals surface area contributed by atoms with Gasteiger partial charge in [0.1, 0.15) is 0 Å². The van der Waals surface area contributed by atoms with Crippen LogP contribution >= 0.6 is 11.6 Å². The summed E-state index contributed by atoms with van der Waals surface area (Å²) in [6, 6.07) is 12.1. The van der Waals surface area contributed by atoms with Crippen LogP contribution in [0.1, 0.15) is 43.5 Å². The Bertz CT molecular complexity index is 864. The molecule has 1 heterocycles. The fourth-order valence-corrected chi connectivity index (χ4v) is 3.39. The Balaban J connectivity index is 1.77. The van der Waals surface area contributed by atoms with Gasteiger partial charge < -0.3 is 20.9 Å². The number of nitrogens with zero attached hydrogens (tertiary/aromatic N) is 1. The topological polar surface area (TPSA) is 73.5 Å². The number of urea groups is 1. The van der Waals surface area contributed by atoms with Gasteiger partial charge in [0.15, 0.2) is 0 Å². The second kappa shape index (κ2) is 9.65. The van der Waals surface area contributed by atoms with Gasteiger partial charge in [-0.3, -0.25) is 4.79 Å². The Morgan fingerprint density at radius 3 is 2.31 bits per heavy atom.